The highest BCUT2D eigenvalue weighted by molar-refractivity contribution is 5.97. The predicted octanol–water partition coefficient (Wildman–Crippen LogP) is -0.544. The number of carbonyl (C=O) groups excluding carboxylic acids is 2. The first kappa shape index (κ1) is 20.8. The number of hydrogen-bond acceptors (Lipinski definition) is 7. The smallest absolute Gasteiger partial charge is 0.334 e. The van der Waals surface area contributed by atoms with Gasteiger partial charge in [0.05, 0.1) is 25.6 Å². The summed E-state index contributed by atoms with van der Waals surface area (Å²) in [6.45, 7) is -0.964. The lowest BCUT2D eigenvalue weighted by molar-refractivity contribution is -0.148. The first-order valence-electron chi connectivity index (χ1n) is 9.07. The van der Waals surface area contributed by atoms with E-state index in [4.69, 9.17) is 9.84 Å². The molecule has 11 heteroatoms. The van der Waals surface area contributed by atoms with E-state index in [1.807, 2.05) is 5.32 Å². The number of rotatable bonds is 6. The van der Waals surface area contributed by atoms with Gasteiger partial charge in [0, 0.05) is 6.42 Å². The molecule has 1 atom stereocenters. The third-order valence-electron chi connectivity index (χ3n) is 4.64. The second kappa shape index (κ2) is 8.64. The number of aromatic nitrogens is 2. The van der Waals surface area contributed by atoms with Crippen molar-refractivity contribution in [1.29, 1.82) is 0 Å². The van der Waals surface area contributed by atoms with Gasteiger partial charge >= 0.3 is 17.6 Å². The third-order valence-corrected chi connectivity index (χ3v) is 4.64. The Bertz CT molecular complexity index is 1100. The van der Waals surface area contributed by atoms with Gasteiger partial charge in [0.25, 0.3) is 11.5 Å². The van der Waals surface area contributed by atoms with E-state index in [1.54, 1.807) is 30.3 Å². The molecule has 0 radical (unpaired) electrons. The fraction of sp³-hybridized carbons (Fsp3) is 0.316. The van der Waals surface area contributed by atoms with Gasteiger partial charge in [0.2, 0.25) is 5.88 Å². The summed E-state index contributed by atoms with van der Waals surface area (Å²) >= 11 is 0. The Balaban J connectivity index is 2.16. The zero-order chi connectivity index (χ0) is 21.8. The van der Waals surface area contributed by atoms with Crippen molar-refractivity contribution < 1.29 is 29.3 Å². The molecule has 30 heavy (non-hydrogen) atoms. The summed E-state index contributed by atoms with van der Waals surface area (Å²) in [7, 11) is 0. The molecule has 1 fully saturated rings. The van der Waals surface area contributed by atoms with Crippen LogP contribution in [0.4, 0.5) is 0 Å². The number of carboxylic acids is 1. The second-order valence-corrected chi connectivity index (χ2v) is 6.67. The number of carboxylic acid groups (broad SMARTS) is 1. The average Bonchev–Trinajstić information content (AvgIpc) is 2.70. The summed E-state index contributed by atoms with van der Waals surface area (Å²) < 4.78 is 6.44. The molecule has 3 N–H and O–H groups in total. The van der Waals surface area contributed by atoms with Crippen LogP contribution in [0.25, 0.3) is 0 Å². The Hall–Kier alpha value is -3.89. The predicted molar refractivity (Wildman–Crippen MR) is 101 cm³/mol. The van der Waals surface area contributed by atoms with Gasteiger partial charge in [-0.3, -0.25) is 28.3 Å². The SMILES string of the molecule is O=C(O)CNC(=O)c1c(O)n(C2CCOC(=O)C2)c(=O)n(Cc2ccccc2)c1=O. The van der Waals surface area contributed by atoms with E-state index < -0.39 is 53.1 Å². The van der Waals surface area contributed by atoms with Crippen LogP contribution in [0.5, 0.6) is 5.88 Å². The molecule has 1 saturated heterocycles. The number of amides is 1. The molecule has 1 aliphatic heterocycles. The first-order valence-corrected chi connectivity index (χ1v) is 9.07. The molecule has 2 aromatic rings. The Morgan fingerprint density at radius 3 is 2.50 bits per heavy atom. The van der Waals surface area contributed by atoms with Gasteiger partial charge in [-0.1, -0.05) is 30.3 Å². The zero-order valence-electron chi connectivity index (χ0n) is 15.7. The summed E-state index contributed by atoms with van der Waals surface area (Å²) in [4.78, 5) is 60.8. The van der Waals surface area contributed by atoms with Crippen molar-refractivity contribution in [3.05, 3.63) is 62.3 Å². The van der Waals surface area contributed by atoms with Gasteiger partial charge in [-0.05, 0) is 5.56 Å². The van der Waals surface area contributed by atoms with E-state index in [1.165, 1.54) is 0 Å². The van der Waals surface area contributed by atoms with Gasteiger partial charge in [-0.2, -0.15) is 0 Å². The maximum absolute atomic E-state index is 13.0. The molecule has 0 spiro atoms. The monoisotopic (exact) mass is 417 g/mol. The molecule has 0 aliphatic carbocycles. The lowest BCUT2D eigenvalue weighted by Crippen LogP contribution is -2.46. The van der Waals surface area contributed by atoms with Crippen molar-refractivity contribution >= 4 is 17.8 Å². The lowest BCUT2D eigenvalue weighted by Gasteiger charge is -2.25. The minimum absolute atomic E-state index is 0.00767. The van der Waals surface area contributed by atoms with E-state index in [2.05, 4.69) is 0 Å². The van der Waals surface area contributed by atoms with Crippen molar-refractivity contribution in [1.82, 2.24) is 14.5 Å². The van der Waals surface area contributed by atoms with E-state index in [9.17, 15) is 29.1 Å². The topological polar surface area (TPSA) is 157 Å². The van der Waals surface area contributed by atoms with Crippen molar-refractivity contribution in [2.45, 2.75) is 25.4 Å². The maximum atomic E-state index is 13.0. The number of carbonyl (C=O) groups is 3. The van der Waals surface area contributed by atoms with Crippen molar-refractivity contribution in [3.8, 4) is 5.88 Å². The number of benzene rings is 1. The molecule has 1 aromatic carbocycles. The Morgan fingerprint density at radius 1 is 1.17 bits per heavy atom. The Labute approximate surface area is 169 Å². The number of cyclic esters (lactones) is 1. The Morgan fingerprint density at radius 2 is 1.87 bits per heavy atom. The number of nitrogens with one attached hydrogen (secondary N) is 1. The number of aliphatic carboxylic acids is 1. The highest BCUT2D eigenvalue weighted by atomic mass is 16.5. The molecule has 3 rings (SSSR count). The molecule has 0 saturated carbocycles. The normalized spacial score (nSPS) is 16.0. The maximum Gasteiger partial charge on any atom is 0.334 e. The minimum Gasteiger partial charge on any atom is -0.494 e. The van der Waals surface area contributed by atoms with Crippen molar-refractivity contribution in [2.24, 2.45) is 0 Å². The first-order chi connectivity index (χ1) is 14.3. The van der Waals surface area contributed by atoms with Gasteiger partial charge in [-0.25, -0.2) is 4.79 Å². The van der Waals surface area contributed by atoms with Crippen molar-refractivity contribution in [2.75, 3.05) is 13.2 Å². The van der Waals surface area contributed by atoms with Gasteiger partial charge < -0.3 is 20.3 Å². The highest BCUT2D eigenvalue weighted by Gasteiger charge is 2.31. The molecule has 11 nitrogen and oxygen atoms in total. The molecule has 1 aromatic heterocycles. The number of esters is 1. The van der Waals surface area contributed by atoms with Crippen LogP contribution in [0.3, 0.4) is 0 Å². The fourth-order valence-corrected chi connectivity index (χ4v) is 3.22. The molecule has 0 bridgehead atoms. The molecular formula is C19H19N3O8. The van der Waals surface area contributed by atoms with Crippen LogP contribution in [0.2, 0.25) is 0 Å². The van der Waals surface area contributed by atoms with Crippen LogP contribution >= 0.6 is 0 Å². The molecule has 1 unspecified atom stereocenters. The second-order valence-electron chi connectivity index (χ2n) is 6.67. The number of hydrogen-bond donors (Lipinski definition) is 3. The summed E-state index contributed by atoms with van der Waals surface area (Å²) in [6.07, 6.45) is -0.0356. The standard InChI is InChI=1S/C19H19N3O8/c23-13(24)9-20-16(26)15-17(27)21(10-11-4-2-1-3-5-11)19(29)22(18(15)28)12-6-7-30-14(25)8-12/h1-5,12,28H,6-10H2,(H,20,26)(H,23,24). The van der Waals surface area contributed by atoms with E-state index >= 15 is 0 Å². The van der Waals surface area contributed by atoms with Crippen LogP contribution in [0.15, 0.2) is 39.9 Å². The van der Waals surface area contributed by atoms with Crippen LogP contribution in [0.1, 0.15) is 34.8 Å². The van der Waals surface area contributed by atoms with Gasteiger partial charge in [-0.15, -0.1) is 0 Å². The third kappa shape index (κ3) is 4.24. The summed E-state index contributed by atoms with van der Waals surface area (Å²) in [5.74, 6) is -4.00. The van der Waals surface area contributed by atoms with E-state index in [0.717, 1.165) is 9.13 Å². The summed E-state index contributed by atoms with van der Waals surface area (Å²) in [6, 6.07) is 7.68. The lowest BCUT2D eigenvalue weighted by atomic mass is 10.1. The van der Waals surface area contributed by atoms with Gasteiger partial charge in [0.15, 0.2) is 5.56 Å². The minimum atomic E-state index is -1.35. The highest BCUT2D eigenvalue weighted by Crippen LogP contribution is 2.25. The van der Waals surface area contributed by atoms with Gasteiger partial charge in [0.1, 0.15) is 6.54 Å². The van der Waals surface area contributed by atoms with Crippen molar-refractivity contribution in [3.63, 3.8) is 0 Å². The van der Waals surface area contributed by atoms with E-state index in [0.29, 0.717) is 5.56 Å². The quantitative estimate of drug-likeness (QED) is 0.529. The van der Waals surface area contributed by atoms with Crippen LogP contribution < -0.4 is 16.6 Å². The molecule has 1 aliphatic rings. The number of aromatic hydroxyl groups is 1. The van der Waals surface area contributed by atoms with Crippen LogP contribution in [0, 0.1) is 0 Å². The molecular weight excluding hydrogens is 398 g/mol. The zero-order valence-corrected chi connectivity index (χ0v) is 15.7. The largest absolute Gasteiger partial charge is 0.494 e. The summed E-state index contributed by atoms with van der Waals surface area (Å²) in [5, 5.41) is 21.4. The molecule has 1 amide bonds. The van der Waals surface area contributed by atoms with Crippen LogP contribution in [-0.2, 0) is 20.9 Å². The average molecular weight is 417 g/mol. The fourth-order valence-electron chi connectivity index (χ4n) is 3.22. The number of ether oxygens (including phenoxy) is 1. The summed E-state index contributed by atoms with van der Waals surface area (Å²) in [5.41, 5.74) is -2.14. The Kier molecular flexibility index (Phi) is 6.00. The molecule has 158 valence electrons. The number of nitrogens with zero attached hydrogens (tertiary/aromatic N) is 2. The molecule has 2 heterocycles. The van der Waals surface area contributed by atoms with Crippen LogP contribution in [-0.4, -0.2) is 50.3 Å². The van der Waals surface area contributed by atoms with E-state index in [-0.39, 0.29) is 26.0 Å².